The molecule has 0 aromatic heterocycles. The number of sulfonamides is 1. The summed E-state index contributed by atoms with van der Waals surface area (Å²) in [6.07, 6.45) is 3.20. The molecule has 0 atom stereocenters. The molecule has 8 heteroatoms. The van der Waals surface area contributed by atoms with E-state index in [2.05, 4.69) is 5.32 Å². The summed E-state index contributed by atoms with van der Waals surface area (Å²) >= 11 is 0. The fourth-order valence-corrected chi connectivity index (χ4v) is 5.44. The Kier molecular flexibility index (Phi) is 6.39. The van der Waals surface area contributed by atoms with Gasteiger partial charge in [0, 0.05) is 38.0 Å². The van der Waals surface area contributed by atoms with E-state index >= 15 is 0 Å². The lowest BCUT2D eigenvalue weighted by atomic mass is 9.87. The summed E-state index contributed by atoms with van der Waals surface area (Å²) in [6, 6.07) is 4.62. The molecule has 0 spiro atoms. The minimum atomic E-state index is -3.61. The number of alkyl halides is 2. The van der Waals surface area contributed by atoms with Crippen LogP contribution in [-0.4, -0.2) is 44.2 Å². The maximum atomic E-state index is 13.3. The molecule has 1 aliphatic carbocycles. The number of amides is 1. The Labute approximate surface area is 165 Å². The van der Waals surface area contributed by atoms with Crippen molar-refractivity contribution in [1.29, 1.82) is 0 Å². The maximum absolute atomic E-state index is 13.3. The number of hydrogen-bond donors (Lipinski definition) is 1. The quantitative estimate of drug-likeness (QED) is 0.799. The summed E-state index contributed by atoms with van der Waals surface area (Å²) in [5.74, 6) is -2.91. The monoisotopic (exact) mass is 414 g/mol. The van der Waals surface area contributed by atoms with Crippen LogP contribution in [0, 0.1) is 12.8 Å². The van der Waals surface area contributed by atoms with Gasteiger partial charge in [0.15, 0.2) is 0 Å². The summed E-state index contributed by atoms with van der Waals surface area (Å²) in [4.78, 5) is 12.8. The molecule has 28 heavy (non-hydrogen) atoms. The van der Waals surface area contributed by atoms with Gasteiger partial charge in [-0.3, -0.25) is 4.79 Å². The van der Waals surface area contributed by atoms with E-state index in [4.69, 9.17) is 0 Å². The molecule has 3 rings (SSSR count). The fraction of sp³-hybridized carbons (Fsp3) is 0.650. The summed E-state index contributed by atoms with van der Waals surface area (Å²) in [6.45, 7) is 3.10. The number of carbonyl (C=O) groups is 1. The van der Waals surface area contributed by atoms with E-state index < -0.39 is 15.9 Å². The van der Waals surface area contributed by atoms with Crippen molar-refractivity contribution in [3.63, 3.8) is 0 Å². The van der Waals surface area contributed by atoms with E-state index in [-0.39, 0.29) is 29.6 Å². The molecule has 1 saturated heterocycles. The van der Waals surface area contributed by atoms with Gasteiger partial charge in [0.05, 0.1) is 4.90 Å². The Morgan fingerprint density at radius 3 is 2.46 bits per heavy atom. The first kappa shape index (κ1) is 21.2. The second-order valence-electron chi connectivity index (χ2n) is 7.95. The van der Waals surface area contributed by atoms with Crippen LogP contribution in [0.1, 0.15) is 60.9 Å². The van der Waals surface area contributed by atoms with Crippen LogP contribution in [0.5, 0.6) is 0 Å². The lowest BCUT2D eigenvalue weighted by Gasteiger charge is -2.28. The molecule has 1 saturated carbocycles. The molecule has 0 bridgehead atoms. The molecule has 1 N–H and O–H groups in total. The zero-order valence-corrected chi connectivity index (χ0v) is 17.0. The summed E-state index contributed by atoms with van der Waals surface area (Å²) in [5, 5.41) is 2.80. The van der Waals surface area contributed by atoms with Crippen LogP contribution in [0.3, 0.4) is 0 Å². The third-order valence-corrected chi connectivity index (χ3v) is 7.69. The number of piperidine rings is 1. The average Bonchev–Trinajstić information content (AvgIpc) is 2.68. The van der Waals surface area contributed by atoms with Crippen molar-refractivity contribution in [2.24, 2.45) is 5.92 Å². The number of carbonyl (C=O) groups excluding carboxylic acids is 1. The van der Waals surface area contributed by atoms with Crippen LogP contribution in [-0.2, 0) is 10.0 Å². The smallest absolute Gasteiger partial charge is 0.251 e. The fourth-order valence-electron chi connectivity index (χ4n) is 3.90. The van der Waals surface area contributed by atoms with Gasteiger partial charge in [-0.15, -0.1) is 0 Å². The van der Waals surface area contributed by atoms with Crippen molar-refractivity contribution in [3.05, 3.63) is 29.3 Å². The van der Waals surface area contributed by atoms with Gasteiger partial charge in [0.2, 0.25) is 15.9 Å². The molecule has 1 aliphatic heterocycles. The lowest BCUT2D eigenvalue weighted by Crippen LogP contribution is -2.36. The number of aryl methyl sites for hydroxylation is 1. The summed E-state index contributed by atoms with van der Waals surface area (Å²) < 4.78 is 53.7. The van der Waals surface area contributed by atoms with Crippen molar-refractivity contribution in [2.75, 3.05) is 19.6 Å². The average molecular weight is 415 g/mol. The van der Waals surface area contributed by atoms with E-state index in [9.17, 15) is 22.0 Å². The minimum absolute atomic E-state index is 0.0316. The number of halogens is 2. The molecule has 1 aromatic carbocycles. The molecule has 1 amide bonds. The van der Waals surface area contributed by atoms with Gasteiger partial charge in [-0.2, -0.15) is 4.31 Å². The molecule has 156 valence electrons. The Hall–Kier alpha value is -1.54. The van der Waals surface area contributed by atoms with Gasteiger partial charge < -0.3 is 5.32 Å². The van der Waals surface area contributed by atoms with Crippen molar-refractivity contribution in [1.82, 2.24) is 9.62 Å². The molecule has 1 heterocycles. The number of rotatable bonds is 5. The zero-order chi connectivity index (χ0) is 20.4. The molecular weight excluding hydrogens is 386 g/mol. The van der Waals surface area contributed by atoms with Crippen LogP contribution in [0.15, 0.2) is 23.1 Å². The van der Waals surface area contributed by atoms with Crippen molar-refractivity contribution in [2.45, 2.75) is 62.7 Å². The second kappa shape index (κ2) is 8.45. The van der Waals surface area contributed by atoms with Gasteiger partial charge in [0.1, 0.15) is 0 Å². The lowest BCUT2D eigenvalue weighted by molar-refractivity contribution is -0.0452. The molecule has 0 radical (unpaired) electrons. The summed E-state index contributed by atoms with van der Waals surface area (Å²) in [5.41, 5.74) is 1.00. The van der Waals surface area contributed by atoms with E-state index in [1.807, 2.05) is 0 Å². The van der Waals surface area contributed by atoms with Gasteiger partial charge >= 0.3 is 0 Å². The predicted octanol–water partition coefficient (Wildman–Crippen LogP) is 3.72. The highest BCUT2D eigenvalue weighted by Crippen LogP contribution is 2.35. The largest absolute Gasteiger partial charge is 0.352 e. The van der Waals surface area contributed by atoms with Crippen molar-refractivity contribution >= 4 is 15.9 Å². The van der Waals surface area contributed by atoms with E-state index in [0.29, 0.717) is 43.6 Å². The third-order valence-electron chi connectivity index (χ3n) is 5.79. The highest BCUT2D eigenvalue weighted by molar-refractivity contribution is 7.89. The van der Waals surface area contributed by atoms with E-state index in [1.165, 1.54) is 10.4 Å². The van der Waals surface area contributed by atoms with Gasteiger partial charge in [-0.05, 0) is 56.2 Å². The first-order chi connectivity index (χ1) is 13.2. The number of hydrogen-bond acceptors (Lipinski definition) is 3. The van der Waals surface area contributed by atoms with Crippen LogP contribution >= 0.6 is 0 Å². The van der Waals surface area contributed by atoms with Crippen LogP contribution in [0.25, 0.3) is 0 Å². The van der Waals surface area contributed by atoms with Crippen LogP contribution < -0.4 is 5.32 Å². The van der Waals surface area contributed by atoms with Gasteiger partial charge in [-0.1, -0.05) is 12.5 Å². The number of nitrogens with one attached hydrogen (secondary N) is 1. The highest BCUT2D eigenvalue weighted by Gasteiger charge is 2.35. The SMILES string of the molecule is Cc1ccc(S(=O)(=O)N2CCCCC2)cc1C(=O)NCC1CCC(F)(F)CC1. The maximum Gasteiger partial charge on any atom is 0.251 e. The molecule has 5 nitrogen and oxygen atoms in total. The van der Waals surface area contributed by atoms with E-state index in [0.717, 1.165) is 19.3 Å². The third kappa shape index (κ3) is 4.89. The number of nitrogens with zero attached hydrogens (tertiary/aromatic N) is 1. The minimum Gasteiger partial charge on any atom is -0.352 e. The highest BCUT2D eigenvalue weighted by atomic mass is 32.2. The van der Waals surface area contributed by atoms with Crippen molar-refractivity contribution in [3.8, 4) is 0 Å². The molecule has 2 aliphatic rings. The Morgan fingerprint density at radius 1 is 1.18 bits per heavy atom. The van der Waals surface area contributed by atoms with Gasteiger partial charge in [0.25, 0.3) is 5.91 Å². The predicted molar refractivity (Wildman–Crippen MR) is 103 cm³/mol. The normalized spacial score (nSPS) is 21.4. The Bertz CT molecular complexity index is 811. The van der Waals surface area contributed by atoms with Crippen LogP contribution in [0.2, 0.25) is 0 Å². The molecule has 2 fully saturated rings. The van der Waals surface area contributed by atoms with Gasteiger partial charge in [-0.25, -0.2) is 17.2 Å². The standard InChI is InChI=1S/C20H28F2N2O3S/c1-15-5-6-17(28(26,27)24-11-3-2-4-12-24)13-18(15)19(25)23-14-16-7-9-20(21,22)10-8-16/h5-6,13,16H,2-4,7-12,14H2,1H3,(H,23,25). The molecule has 1 aromatic rings. The summed E-state index contributed by atoms with van der Waals surface area (Å²) in [7, 11) is -3.61. The second-order valence-corrected chi connectivity index (χ2v) is 9.89. The molecule has 0 unspecified atom stereocenters. The zero-order valence-electron chi connectivity index (χ0n) is 16.2. The first-order valence-electron chi connectivity index (χ1n) is 9.96. The number of benzene rings is 1. The van der Waals surface area contributed by atoms with Crippen LogP contribution in [0.4, 0.5) is 8.78 Å². The van der Waals surface area contributed by atoms with Crippen molar-refractivity contribution < 1.29 is 22.0 Å². The first-order valence-corrected chi connectivity index (χ1v) is 11.4. The topological polar surface area (TPSA) is 66.5 Å². The Balaban J connectivity index is 1.68. The Morgan fingerprint density at radius 2 is 1.82 bits per heavy atom. The van der Waals surface area contributed by atoms with E-state index in [1.54, 1.807) is 19.1 Å². The molecular formula is C20H28F2N2O3S.